The first kappa shape index (κ1) is 23.5. The Hall–Kier alpha value is -3.62. The molecule has 0 saturated carbocycles. The summed E-state index contributed by atoms with van der Waals surface area (Å²) in [6.45, 7) is 5.67. The Balaban J connectivity index is 1.54. The predicted molar refractivity (Wildman–Crippen MR) is 137 cm³/mol. The van der Waals surface area contributed by atoms with E-state index in [0.29, 0.717) is 33.3 Å². The highest BCUT2D eigenvalue weighted by Gasteiger charge is 2.15. The van der Waals surface area contributed by atoms with E-state index in [0.717, 1.165) is 11.1 Å². The van der Waals surface area contributed by atoms with Crippen molar-refractivity contribution in [2.75, 3.05) is 4.72 Å². The fourth-order valence-corrected chi connectivity index (χ4v) is 4.61. The summed E-state index contributed by atoms with van der Waals surface area (Å²) in [5.41, 5.74) is 4.50. The lowest BCUT2D eigenvalue weighted by Gasteiger charge is -2.10. The molecule has 4 rings (SSSR count). The second-order valence-electron chi connectivity index (χ2n) is 7.93. The number of aliphatic imine (C=N–C) groups is 1. The van der Waals surface area contributed by atoms with Crippen molar-refractivity contribution in [3.05, 3.63) is 104 Å². The SMILES string of the molecule is Cc1ccc(NS(=O)(=O)c2ccc(N=Cc3c(C)[nH]n(-c4cccc(Cl)c4)c3=O)cc2)cc1C. The van der Waals surface area contributed by atoms with E-state index in [1.54, 1.807) is 55.5 Å². The minimum atomic E-state index is -3.74. The molecule has 0 spiro atoms. The van der Waals surface area contributed by atoms with Crippen molar-refractivity contribution in [3.63, 3.8) is 0 Å². The summed E-state index contributed by atoms with van der Waals surface area (Å²) in [5.74, 6) is 0. The highest BCUT2D eigenvalue weighted by molar-refractivity contribution is 7.92. The van der Waals surface area contributed by atoms with Crippen molar-refractivity contribution < 1.29 is 8.42 Å². The van der Waals surface area contributed by atoms with Crippen LogP contribution < -0.4 is 10.3 Å². The topological polar surface area (TPSA) is 96.3 Å². The van der Waals surface area contributed by atoms with Crippen molar-refractivity contribution in [2.45, 2.75) is 25.7 Å². The van der Waals surface area contributed by atoms with Crippen molar-refractivity contribution in [3.8, 4) is 5.69 Å². The third kappa shape index (κ3) is 4.98. The number of benzene rings is 3. The largest absolute Gasteiger partial charge is 0.295 e. The second kappa shape index (κ2) is 9.32. The summed E-state index contributed by atoms with van der Waals surface area (Å²) in [6.07, 6.45) is 1.46. The number of H-pyrrole nitrogens is 1. The number of rotatable bonds is 6. The molecule has 0 amide bonds. The second-order valence-corrected chi connectivity index (χ2v) is 10.0. The Bertz CT molecular complexity index is 1550. The van der Waals surface area contributed by atoms with Gasteiger partial charge in [-0.15, -0.1) is 0 Å². The Morgan fingerprint density at radius 3 is 2.38 bits per heavy atom. The monoisotopic (exact) mass is 494 g/mol. The predicted octanol–water partition coefficient (Wildman–Crippen LogP) is 5.30. The maximum absolute atomic E-state index is 12.8. The van der Waals surface area contributed by atoms with Gasteiger partial charge in [0, 0.05) is 22.6 Å². The summed E-state index contributed by atoms with van der Waals surface area (Å²) in [7, 11) is -3.74. The van der Waals surface area contributed by atoms with Crippen LogP contribution >= 0.6 is 11.6 Å². The zero-order chi connectivity index (χ0) is 24.5. The molecule has 0 bridgehead atoms. The highest BCUT2D eigenvalue weighted by Crippen LogP contribution is 2.21. The van der Waals surface area contributed by atoms with Gasteiger partial charge in [0.05, 0.1) is 21.8 Å². The molecule has 0 fully saturated rings. The van der Waals surface area contributed by atoms with E-state index in [-0.39, 0.29) is 10.5 Å². The number of hydrogen-bond donors (Lipinski definition) is 2. The molecule has 9 heteroatoms. The van der Waals surface area contributed by atoms with Gasteiger partial charge in [-0.05, 0) is 86.5 Å². The summed E-state index contributed by atoms with van der Waals surface area (Å²) < 4.78 is 29.5. The third-order valence-corrected chi connectivity index (χ3v) is 7.06. The van der Waals surface area contributed by atoms with Gasteiger partial charge in [0.25, 0.3) is 15.6 Å². The molecule has 0 aliphatic carbocycles. The number of aryl methyl sites for hydroxylation is 3. The smallest absolute Gasteiger partial charge is 0.280 e. The van der Waals surface area contributed by atoms with Crippen LogP contribution in [0.5, 0.6) is 0 Å². The number of aromatic nitrogens is 2. The molecule has 174 valence electrons. The van der Waals surface area contributed by atoms with Crippen LogP contribution in [0.15, 0.2) is 81.4 Å². The zero-order valence-corrected chi connectivity index (χ0v) is 20.4. The number of sulfonamides is 1. The molecule has 3 aromatic carbocycles. The summed E-state index contributed by atoms with van der Waals surface area (Å²) >= 11 is 6.04. The lowest BCUT2D eigenvalue weighted by Crippen LogP contribution is -2.17. The van der Waals surface area contributed by atoms with Gasteiger partial charge in [-0.1, -0.05) is 23.7 Å². The molecular weight excluding hydrogens is 472 g/mol. The van der Waals surface area contributed by atoms with Crippen LogP contribution in [0.2, 0.25) is 5.02 Å². The molecule has 1 heterocycles. The van der Waals surface area contributed by atoms with Crippen molar-refractivity contribution in [1.29, 1.82) is 0 Å². The van der Waals surface area contributed by atoms with Crippen molar-refractivity contribution >= 4 is 39.2 Å². The van der Waals surface area contributed by atoms with E-state index in [1.165, 1.54) is 23.0 Å². The first-order valence-electron chi connectivity index (χ1n) is 10.5. The van der Waals surface area contributed by atoms with Crippen LogP contribution in [0, 0.1) is 20.8 Å². The van der Waals surface area contributed by atoms with Gasteiger partial charge < -0.3 is 0 Å². The normalized spacial score (nSPS) is 11.8. The number of hydrogen-bond acceptors (Lipinski definition) is 4. The molecule has 0 radical (unpaired) electrons. The van der Waals surface area contributed by atoms with E-state index >= 15 is 0 Å². The van der Waals surface area contributed by atoms with Crippen molar-refractivity contribution in [1.82, 2.24) is 9.78 Å². The Morgan fingerprint density at radius 1 is 0.971 bits per heavy atom. The fraction of sp³-hybridized carbons (Fsp3) is 0.120. The summed E-state index contributed by atoms with van der Waals surface area (Å²) in [6, 6.07) is 18.5. The highest BCUT2D eigenvalue weighted by atomic mass is 35.5. The molecule has 0 aliphatic heterocycles. The minimum absolute atomic E-state index is 0.116. The molecule has 0 unspecified atom stereocenters. The van der Waals surface area contributed by atoms with Gasteiger partial charge in [-0.2, -0.15) is 0 Å². The molecule has 2 N–H and O–H groups in total. The molecule has 0 atom stereocenters. The van der Waals surface area contributed by atoms with Crippen molar-refractivity contribution in [2.24, 2.45) is 4.99 Å². The van der Waals surface area contributed by atoms with E-state index in [4.69, 9.17) is 11.6 Å². The summed E-state index contributed by atoms with van der Waals surface area (Å²) in [4.78, 5) is 17.3. The maximum atomic E-state index is 12.8. The molecule has 7 nitrogen and oxygen atoms in total. The maximum Gasteiger partial charge on any atom is 0.280 e. The molecule has 0 aliphatic rings. The van der Waals surface area contributed by atoms with E-state index < -0.39 is 10.0 Å². The van der Waals surface area contributed by atoms with Crippen LogP contribution in [0.4, 0.5) is 11.4 Å². The number of nitrogens with zero attached hydrogens (tertiary/aromatic N) is 2. The molecule has 4 aromatic rings. The summed E-state index contributed by atoms with van der Waals surface area (Å²) in [5, 5.41) is 3.54. The first-order valence-corrected chi connectivity index (χ1v) is 12.3. The number of nitrogens with one attached hydrogen (secondary N) is 2. The van der Waals surface area contributed by atoms with Gasteiger partial charge in [-0.3, -0.25) is 19.6 Å². The molecule has 0 saturated heterocycles. The lowest BCUT2D eigenvalue weighted by atomic mass is 10.1. The van der Waals surface area contributed by atoms with Crippen LogP contribution in [-0.2, 0) is 10.0 Å². The van der Waals surface area contributed by atoms with Gasteiger partial charge in [-0.25, -0.2) is 13.1 Å². The number of anilines is 1. The Morgan fingerprint density at radius 2 is 1.71 bits per heavy atom. The number of halogens is 1. The average molecular weight is 495 g/mol. The molecule has 34 heavy (non-hydrogen) atoms. The van der Waals surface area contributed by atoms with E-state index in [1.807, 2.05) is 19.9 Å². The standard InChI is InChI=1S/C25H23ClN4O3S/c1-16-7-8-21(13-17(16)2)29-34(32,33)23-11-9-20(10-12-23)27-15-24-18(3)28-30(25(24)31)22-6-4-5-19(26)14-22/h4-15,28-29H,1-3H3. The van der Waals surface area contributed by atoms with Crippen LogP contribution in [0.1, 0.15) is 22.4 Å². The zero-order valence-electron chi connectivity index (χ0n) is 18.8. The average Bonchev–Trinajstić information content (AvgIpc) is 3.08. The van der Waals surface area contributed by atoms with E-state index in [2.05, 4.69) is 14.8 Å². The van der Waals surface area contributed by atoms with Gasteiger partial charge in [0.2, 0.25) is 0 Å². The lowest BCUT2D eigenvalue weighted by molar-refractivity contribution is 0.601. The van der Waals surface area contributed by atoms with Gasteiger partial charge in [0.1, 0.15) is 0 Å². The van der Waals surface area contributed by atoms with Crippen LogP contribution in [0.25, 0.3) is 5.69 Å². The minimum Gasteiger partial charge on any atom is -0.295 e. The van der Waals surface area contributed by atoms with Gasteiger partial charge >= 0.3 is 0 Å². The first-order chi connectivity index (χ1) is 16.1. The van der Waals surface area contributed by atoms with E-state index in [9.17, 15) is 13.2 Å². The molecular formula is C25H23ClN4O3S. The Kier molecular flexibility index (Phi) is 6.45. The Labute approximate surface area is 202 Å². The quantitative estimate of drug-likeness (QED) is 0.356. The number of aromatic amines is 1. The third-order valence-electron chi connectivity index (χ3n) is 5.43. The van der Waals surface area contributed by atoms with Crippen LogP contribution in [-0.4, -0.2) is 24.4 Å². The van der Waals surface area contributed by atoms with Gasteiger partial charge in [0.15, 0.2) is 0 Å². The fourth-order valence-electron chi connectivity index (χ4n) is 3.38. The molecule has 1 aromatic heterocycles. The van der Waals surface area contributed by atoms with Crippen LogP contribution in [0.3, 0.4) is 0 Å².